The zero-order valence-corrected chi connectivity index (χ0v) is 14.5. The van der Waals surface area contributed by atoms with E-state index in [9.17, 15) is 8.42 Å². The molecule has 1 unspecified atom stereocenters. The molecule has 21 heavy (non-hydrogen) atoms. The van der Waals surface area contributed by atoms with Gasteiger partial charge in [0.25, 0.3) is 0 Å². The number of aryl methyl sites for hydroxylation is 1. The molecule has 8 heteroatoms. The Balaban J connectivity index is 2.35. The summed E-state index contributed by atoms with van der Waals surface area (Å²) in [6.45, 7) is 3.73. The van der Waals surface area contributed by atoms with Gasteiger partial charge in [-0.15, -0.1) is 11.3 Å². The standard InChI is InChI=1S/C13H14Cl2N2O2S2/c1-7-3-4-12(20-7)8(2)17-21(18,19)13-10(15)5-9(14)6-11(13)16/h3-6,8,17H,16H2,1-2H3. The summed E-state index contributed by atoms with van der Waals surface area (Å²) in [6.07, 6.45) is 0. The third-order valence-electron chi connectivity index (χ3n) is 2.83. The molecule has 0 aliphatic carbocycles. The Kier molecular flexibility index (Phi) is 4.85. The number of halogens is 2. The van der Waals surface area contributed by atoms with Gasteiger partial charge in [0.05, 0.1) is 16.8 Å². The number of nitrogens with one attached hydrogen (secondary N) is 1. The van der Waals surface area contributed by atoms with Crippen LogP contribution < -0.4 is 10.5 Å². The third kappa shape index (κ3) is 3.70. The van der Waals surface area contributed by atoms with Gasteiger partial charge < -0.3 is 5.73 Å². The highest BCUT2D eigenvalue weighted by atomic mass is 35.5. The van der Waals surface area contributed by atoms with Gasteiger partial charge in [-0.2, -0.15) is 0 Å². The SMILES string of the molecule is Cc1ccc(C(C)NS(=O)(=O)c2c(N)cc(Cl)cc2Cl)s1. The minimum absolute atomic E-state index is 0.00191. The smallest absolute Gasteiger partial charge is 0.244 e. The molecule has 2 aromatic rings. The minimum atomic E-state index is -3.84. The lowest BCUT2D eigenvalue weighted by Gasteiger charge is -2.15. The molecule has 0 fully saturated rings. The Labute approximate surface area is 137 Å². The summed E-state index contributed by atoms with van der Waals surface area (Å²) in [5.41, 5.74) is 5.76. The van der Waals surface area contributed by atoms with Gasteiger partial charge in [0.1, 0.15) is 4.90 Å². The fraction of sp³-hybridized carbons (Fsp3) is 0.231. The summed E-state index contributed by atoms with van der Waals surface area (Å²) < 4.78 is 27.5. The minimum Gasteiger partial charge on any atom is -0.398 e. The predicted molar refractivity (Wildman–Crippen MR) is 88.7 cm³/mol. The Bertz CT molecular complexity index is 749. The van der Waals surface area contributed by atoms with Crippen molar-refractivity contribution in [3.63, 3.8) is 0 Å². The van der Waals surface area contributed by atoms with Gasteiger partial charge in [0.15, 0.2) is 0 Å². The maximum atomic E-state index is 12.5. The summed E-state index contributed by atoms with van der Waals surface area (Å²) in [5.74, 6) is 0. The molecule has 1 aromatic carbocycles. The largest absolute Gasteiger partial charge is 0.398 e. The van der Waals surface area contributed by atoms with E-state index >= 15 is 0 Å². The molecule has 114 valence electrons. The third-order valence-corrected chi connectivity index (χ3v) is 6.29. The summed E-state index contributed by atoms with van der Waals surface area (Å²) >= 11 is 13.3. The van der Waals surface area contributed by atoms with E-state index in [0.717, 1.165) is 9.75 Å². The molecule has 0 amide bonds. The number of anilines is 1. The van der Waals surface area contributed by atoms with Crippen molar-refractivity contribution in [2.24, 2.45) is 0 Å². The summed E-state index contributed by atoms with van der Waals surface area (Å²) in [7, 11) is -3.84. The molecule has 0 spiro atoms. The molecule has 1 heterocycles. The lowest BCUT2D eigenvalue weighted by atomic mass is 10.3. The van der Waals surface area contributed by atoms with Crippen LogP contribution in [0.2, 0.25) is 10.0 Å². The van der Waals surface area contributed by atoms with Crippen LogP contribution in [-0.2, 0) is 10.0 Å². The van der Waals surface area contributed by atoms with E-state index in [1.54, 1.807) is 6.92 Å². The van der Waals surface area contributed by atoms with Crippen LogP contribution in [0.4, 0.5) is 5.69 Å². The molecule has 0 saturated heterocycles. The monoisotopic (exact) mass is 364 g/mol. The highest BCUT2D eigenvalue weighted by Crippen LogP contribution is 2.32. The van der Waals surface area contributed by atoms with Crippen molar-refractivity contribution in [1.82, 2.24) is 4.72 Å². The first-order valence-electron chi connectivity index (χ1n) is 6.04. The average Bonchev–Trinajstić information content (AvgIpc) is 2.73. The van der Waals surface area contributed by atoms with Crippen LogP contribution in [0.1, 0.15) is 22.7 Å². The number of nitrogens with two attached hydrogens (primary N) is 1. The van der Waals surface area contributed by atoms with Crippen LogP contribution >= 0.6 is 34.5 Å². The molecule has 0 radical (unpaired) electrons. The molecular formula is C13H14Cl2N2O2S2. The number of thiophene rings is 1. The molecule has 0 bridgehead atoms. The average molecular weight is 365 g/mol. The van der Waals surface area contributed by atoms with Crippen LogP contribution in [0.3, 0.4) is 0 Å². The van der Waals surface area contributed by atoms with Gasteiger partial charge in [-0.3, -0.25) is 0 Å². The van der Waals surface area contributed by atoms with Crippen molar-refractivity contribution in [1.29, 1.82) is 0 Å². The van der Waals surface area contributed by atoms with Gasteiger partial charge in [-0.25, -0.2) is 13.1 Å². The predicted octanol–water partition coefficient (Wildman–Crippen LogP) is 3.99. The first kappa shape index (κ1) is 16.6. The molecule has 0 aliphatic rings. The van der Waals surface area contributed by atoms with Gasteiger partial charge in [0.2, 0.25) is 10.0 Å². The van der Waals surface area contributed by atoms with E-state index in [1.807, 2.05) is 19.1 Å². The summed E-state index contributed by atoms with van der Waals surface area (Å²) in [6, 6.07) is 6.17. The maximum absolute atomic E-state index is 12.5. The Hall–Kier alpha value is -0.790. The van der Waals surface area contributed by atoms with Crippen molar-refractivity contribution in [3.05, 3.63) is 44.1 Å². The lowest BCUT2D eigenvalue weighted by molar-refractivity contribution is 0.569. The number of nitrogen functional groups attached to an aromatic ring is 1. The summed E-state index contributed by atoms with van der Waals surface area (Å²) in [4.78, 5) is 1.88. The molecule has 0 saturated carbocycles. The maximum Gasteiger partial charge on any atom is 0.244 e. The second-order valence-electron chi connectivity index (χ2n) is 4.60. The molecule has 2 rings (SSSR count). The summed E-state index contributed by atoms with van der Waals surface area (Å²) in [5, 5.41) is 0.292. The first-order chi connectivity index (χ1) is 9.70. The normalized spacial score (nSPS) is 13.3. The fourth-order valence-electron chi connectivity index (χ4n) is 1.90. The Morgan fingerprint density at radius 2 is 1.95 bits per heavy atom. The van der Waals surface area contributed by atoms with Gasteiger partial charge in [-0.05, 0) is 38.1 Å². The number of sulfonamides is 1. The van der Waals surface area contributed by atoms with E-state index in [0.29, 0.717) is 5.02 Å². The van der Waals surface area contributed by atoms with Crippen LogP contribution in [0.15, 0.2) is 29.2 Å². The van der Waals surface area contributed by atoms with E-state index in [2.05, 4.69) is 4.72 Å². The second kappa shape index (κ2) is 6.14. The van der Waals surface area contributed by atoms with Crippen molar-refractivity contribution in [3.8, 4) is 0 Å². The van der Waals surface area contributed by atoms with Crippen molar-refractivity contribution < 1.29 is 8.42 Å². The van der Waals surface area contributed by atoms with Gasteiger partial charge >= 0.3 is 0 Å². The van der Waals surface area contributed by atoms with Crippen LogP contribution in [0.25, 0.3) is 0 Å². The van der Waals surface area contributed by atoms with Crippen molar-refractivity contribution >= 4 is 50.2 Å². The first-order valence-corrected chi connectivity index (χ1v) is 9.09. The van der Waals surface area contributed by atoms with E-state index in [-0.39, 0.29) is 21.6 Å². The Morgan fingerprint density at radius 3 is 2.48 bits per heavy atom. The highest BCUT2D eigenvalue weighted by Gasteiger charge is 2.24. The molecule has 1 aromatic heterocycles. The molecular weight excluding hydrogens is 351 g/mol. The Morgan fingerprint density at radius 1 is 1.29 bits per heavy atom. The zero-order valence-electron chi connectivity index (χ0n) is 11.4. The fourth-order valence-corrected chi connectivity index (χ4v) is 5.06. The van der Waals surface area contributed by atoms with Gasteiger partial charge in [0, 0.05) is 14.8 Å². The van der Waals surface area contributed by atoms with Crippen LogP contribution in [0.5, 0.6) is 0 Å². The quantitative estimate of drug-likeness (QED) is 0.805. The van der Waals surface area contributed by atoms with E-state index < -0.39 is 10.0 Å². The molecule has 0 aliphatic heterocycles. The van der Waals surface area contributed by atoms with Crippen molar-refractivity contribution in [2.75, 3.05) is 5.73 Å². The number of benzene rings is 1. The molecule has 3 N–H and O–H groups in total. The van der Waals surface area contributed by atoms with Gasteiger partial charge in [-0.1, -0.05) is 23.2 Å². The number of rotatable bonds is 4. The topological polar surface area (TPSA) is 72.2 Å². The van der Waals surface area contributed by atoms with Crippen LogP contribution in [0, 0.1) is 6.92 Å². The number of hydrogen-bond acceptors (Lipinski definition) is 4. The molecule has 1 atom stereocenters. The highest BCUT2D eigenvalue weighted by molar-refractivity contribution is 7.89. The zero-order chi connectivity index (χ0) is 15.8. The van der Waals surface area contributed by atoms with Crippen molar-refractivity contribution in [2.45, 2.75) is 24.8 Å². The van der Waals surface area contributed by atoms with E-state index in [4.69, 9.17) is 28.9 Å². The molecule has 4 nitrogen and oxygen atoms in total. The van der Waals surface area contributed by atoms with E-state index in [1.165, 1.54) is 23.5 Å². The second-order valence-corrected chi connectivity index (χ2v) is 8.41. The van der Waals surface area contributed by atoms with Crippen LogP contribution in [-0.4, -0.2) is 8.42 Å². The lowest BCUT2D eigenvalue weighted by Crippen LogP contribution is -2.27. The number of hydrogen-bond donors (Lipinski definition) is 2.